The molecule has 2 fully saturated rings. The first-order valence-corrected chi connectivity index (χ1v) is 9.55. The summed E-state index contributed by atoms with van der Waals surface area (Å²) in [6, 6.07) is 0. The maximum absolute atomic E-state index is 11.0. The van der Waals surface area contributed by atoms with Gasteiger partial charge in [0.15, 0.2) is 0 Å². The Morgan fingerprint density at radius 3 is 1.91 bits per heavy atom. The summed E-state index contributed by atoms with van der Waals surface area (Å²) in [6.07, 6.45) is 15.1. The van der Waals surface area contributed by atoms with Crippen molar-refractivity contribution in [1.29, 1.82) is 0 Å². The van der Waals surface area contributed by atoms with E-state index >= 15 is 0 Å². The van der Waals surface area contributed by atoms with Crippen molar-refractivity contribution in [2.75, 3.05) is 6.61 Å². The highest BCUT2D eigenvalue weighted by Gasteiger charge is 2.45. The predicted molar refractivity (Wildman–Crippen MR) is 89.0 cm³/mol. The van der Waals surface area contributed by atoms with E-state index in [1.807, 2.05) is 0 Å². The smallest absolute Gasteiger partial charge is 0.303 e. The number of aliphatic carboxylic acids is 1. The van der Waals surface area contributed by atoms with Crippen LogP contribution in [0.2, 0.25) is 0 Å². The number of carboxylic acids is 1. The van der Waals surface area contributed by atoms with Gasteiger partial charge in [0.25, 0.3) is 0 Å². The van der Waals surface area contributed by atoms with Crippen molar-refractivity contribution in [2.24, 2.45) is 11.8 Å². The molecule has 2 aliphatic carbocycles. The van der Waals surface area contributed by atoms with Gasteiger partial charge >= 0.3 is 5.97 Å². The molecule has 128 valence electrons. The second-order valence-corrected chi connectivity index (χ2v) is 7.31. The molecular weight excluding hydrogens is 276 g/mol. The van der Waals surface area contributed by atoms with Gasteiger partial charge in [-0.1, -0.05) is 38.5 Å². The molecule has 0 atom stereocenters. The molecule has 2 aliphatic rings. The molecule has 0 saturated heterocycles. The van der Waals surface area contributed by atoms with Crippen molar-refractivity contribution < 1.29 is 14.6 Å². The molecule has 1 N–H and O–H groups in total. The number of ether oxygens (including phenoxy) is 1. The summed E-state index contributed by atoms with van der Waals surface area (Å²) in [6.45, 7) is 2.87. The van der Waals surface area contributed by atoms with Crippen molar-refractivity contribution in [3.8, 4) is 0 Å². The molecular formula is C19H34O3. The molecule has 2 saturated carbocycles. The maximum Gasteiger partial charge on any atom is 0.303 e. The Balaban J connectivity index is 2.14. The Morgan fingerprint density at radius 2 is 1.50 bits per heavy atom. The Labute approximate surface area is 135 Å². The lowest BCUT2D eigenvalue weighted by Gasteiger charge is -2.49. The highest BCUT2D eigenvalue weighted by molar-refractivity contribution is 5.66. The quantitative estimate of drug-likeness (QED) is 0.672. The third-order valence-electron chi connectivity index (χ3n) is 5.96. The number of rotatable bonds is 8. The molecule has 0 aromatic rings. The Kier molecular flexibility index (Phi) is 7.20. The Bertz CT molecular complexity index is 310. The molecule has 0 heterocycles. The number of carboxylic acid groups (broad SMARTS) is 1. The lowest BCUT2D eigenvalue weighted by atomic mass is 9.64. The van der Waals surface area contributed by atoms with Gasteiger partial charge in [-0.3, -0.25) is 4.79 Å². The normalized spacial score (nSPS) is 21.9. The summed E-state index contributed by atoms with van der Waals surface area (Å²) in [7, 11) is 0. The van der Waals surface area contributed by atoms with E-state index in [-0.39, 0.29) is 12.0 Å². The average molecular weight is 310 g/mol. The third kappa shape index (κ3) is 4.47. The molecule has 0 amide bonds. The van der Waals surface area contributed by atoms with Crippen LogP contribution in [0.5, 0.6) is 0 Å². The van der Waals surface area contributed by atoms with E-state index in [0.29, 0.717) is 11.8 Å². The van der Waals surface area contributed by atoms with Gasteiger partial charge in [0.05, 0.1) is 5.60 Å². The van der Waals surface area contributed by atoms with Crippen molar-refractivity contribution in [2.45, 2.75) is 96.0 Å². The van der Waals surface area contributed by atoms with E-state index in [9.17, 15) is 4.79 Å². The van der Waals surface area contributed by atoms with Crippen LogP contribution < -0.4 is 0 Å². The van der Waals surface area contributed by atoms with Gasteiger partial charge in [0, 0.05) is 13.0 Å². The third-order valence-corrected chi connectivity index (χ3v) is 5.96. The van der Waals surface area contributed by atoms with E-state index in [4.69, 9.17) is 9.84 Å². The van der Waals surface area contributed by atoms with Crippen LogP contribution in [0.1, 0.15) is 90.4 Å². The van der Waals surface area contributed by atoms with E-state index in [0.717, 1.165) is 19.4 Å². The van der Waals surface area contributed by atoms with Crippen LogP contribution in [0.15, 0.2) is 0 Å². The molecule has 3 nitrogen and oxygen atoms in total. The fourth-order valence-corrected chi connectivity index (χ4v) is 5.02. The minimum Gasteiger partial charge on any atom is -0.481 e. The molecule has 2 rings (SSSR count). The molecule has 0 bridgehead atoms. The fraction of sp³-hybridized carbons (Fsp3) is 0.947. The van der Waals surface area contributed by atoms with Crippen molar-refractivity contribution in [3.63, 3.8) is 0 Å². The highest BCUT2D eigenvalue weighted by Crippen LogP contribution is 2.47. The largest absolute Gasteiger partial charge is 0.481 e. The van der Waals surface area contributed by atoms with Gasteiger partial charge < -0.3 is 9.84 Å². The first-order chi connectivity index (χ1) is 10.7. The lowest BCUT2D eigenvalue weighted by Crippen LogP contribution is -2.49. The van der Waals surface area contributed by atoms with Crippen molar-refractivity contribution >= 4 is 5.97 Å². The Morgan fingerprint density at radius 1 is 1.00 bits per heavy atom. The van der Waals surface area contributed by atoms with Gasteiger partial charge in [-0.25, -0.2) is 0 Å². The highest BCUT2D eigenvalue weighted by atomic mass is 16.5. The van der Waals surface area contributed by atoms with Gasteiger partial charge in [-0.15, -0.1) is 0 Å². The summed E-state index contributed by atoms with van der Waals surface area (Å²) < 4.78 is 6.50. The summed E-state index contributed by atoms with van der Waals surface area (Å²) in [5, 5.41) is 9.02. The van der Waals surface area contributed by atoms with Crippen molar-refractivity contribution in [3.05, 3.63) is 0 Å². The average Bonchev–Trinajstić information content (AvgIpc) is 2.55. The van der Waals surface area contributed by atoms with Crippen molar-refractivity contribution in [1.82, 2.24) is 0 Å². The lowest BCUT2D eigenvalue weighted by molar-refractivity contribution is -0.148. The first-order valence-electron chi connectivity index (χ1n) is 9.55. The van der Waals surface area contributed by atoms with Gasteiger partial charge in [0.2, 0.25) is 0 Å². The van der Waals surface area contributed by atoms with Gasteiger partial charge in [-0.2, -0.15) is 0 Å². The molecule has 0 unspecified atom stereocenters. The zero-order valence-corrected chi connectivity index (χ0v) is 14.3. The second-order valence-electron chi connectivity index (χ2n) is 7.31. The van der Waals surface area contributed by atoms with Crippen LogP contribution in [0, 0.1) is 11.8 Å². The minimum absolute atomic E-state index is 0.0367. The fourth-order valence-electron chi connectivity index (χ4n) is 5.02. The van der Waals surface area contributed by atoms with Gasteiger partial charge in [-0.05, 0) is 57.3 Å². The van der Waals surface area contributed by atoms with E-state index in [1.165, 1.54) is 64.2 Å². The predicted octanol–water partition coefficient (Wildman–Crippen LogP) is 5.18. The van der Waals surface area contributed by atoms with E-state index in [2.05, 4.69) is 6.92 Å². The number of hydrogen-bond donors (Lipinski definition) is 1. The summed E-state index contributed by atoms with van der Waals surface area (Å²) in [4.78, 5) is 11.0. The number of carbonyl (C=O) groups is 1. The van der Waals surface area contributed by atoms with Crippen LogP contribution in [-0.2, 0) is 9.53 Å². The van der Waals surface area contributed by atoms with Crippen LogP contribution in [0.3, 0.4) is 0 Å². The standard InChI is InChI=1S/C19H34O3/c1-2-22-19(15-9-14-18(20)21,16-10-5-3-6-11-16)17-12-7-4-8-13-17/h16-17H,2-15H2,1H3,(H,20,21). The molecule has 0 spiro atoms. The topological polar surface area (TPSA) is 46.5 Å². The van der Waals surface area contributed by atoms with Crippen LogP contribution >= 0.6 is 0 Å². The monoisotopic (exact) mass is 310 g/mol. The van der Waals surface area contributed by atoms with E-state index < -0.39 is 5.97 Å². The molecule has 0 aromatic heterocycles. The first kappa shape index (κ1) is 17.8. The zero-order valence-electron chi connectivity index (χ0n) is 14.3. The Hall–Kier alpha value is -0.570. The molecule has 0 radical (unpaired) electrons. The molecule has 0 aromatic carbocycles. The summed E-state index contributed by atoms with van der Waals surface area (Å²) in [5.41, 5.74) is -0.0367. The molecule has 22 heavy (non-hydrogen) atoms. The molecule has 3 heteroatoms. The van der Waals surface area contributed by atoms with Gasteiger partial charge in [0.1, 0.15) is 0 Å². The summed E-state index contributed by atoms with van der Waals surface area (Å²) >= 11 is 0. The molecule has 0 aliphatic heterocycles. The minimum atomic E-state index is -0.669. The zero-order chi connectivity index (χ0) is 15.8. The van der Waals surface area contributed by atoms with Crippen LogP contribution in [-0.4, -0.2) is 23.3 Å². The number of hydrogen-bond acceptors (Lipinski definition) is 2. The SMILES string of the molecule is CCOC(CCCC(=O)O)(C1CCCCC1)C1CCCCC1. The van der Waals surface area contributed by atoms with Crippen LogP contribution in [0.4, 0.5) is 0 Å². The second kappa shape index (κ2) is 8.90. The summed E-state index contributed by atoms with van der Waals surface area (Å²) in [5.74, 6) is 0.633. The maximum atomic E-state index is 11.0. The van der Waals surface area contributed by atoms with E-state index in [1.54, 1.807) is 0 Å². The van der Waals surface area contributed by atoms with Crippen LogP contribution in [0.25, 0.3) is 0 Å².